The summed E-state index contributed by atoms with van der Waals surface area (Å²) in [5, 5.41) is 14.6. The van der Waals surface area contributed by atoms with Crippen molar-refractivity contribution in [2.75, 3.05) is 30.9 Å². The molecule has 0 radical (unpaired) electrons. The number of carbonyl (C=O) groups is 2. The van der Waals surface area contributed by atoms with E-state index in [1.54, 1.807) is 25.0 Å². The summed E-state index contributed by atoms with van der Waals surface area (Å²) in [6.07, 6.45) is 4.10. The van der Waals surface area contributed by atoms with Gasteiger partial charge in [-0.2, -0.15) is 10.2 Å². The number of rotatable bonds is 7. The van der Waals surface area contributed by atoms with Crippen LogP contribution in [0.1, 0.15) is 34.2 Å². The van der Waals surface area contributed by atoms with Crippen molar-refractivity contribution in [1.82, 2.24) is 39.7 Å². The quantitative estimate of drug-likeness (QED) is 0.378. The Hall–Kier alpha value is -4.74. The summed E-state index contributed by atoms with van der Waals surface area (Å²) in [6, 6.07) is 11.2. The van der Waals surface area contributed by atoms with E-state index in [0.717, 1.165) is 47.0 Å². The first-order valence-electron chi connectivity index (χ1n) is 12.8. The lowest BCUT2D eigenvalue weighted by atomic mass is 10.0. The summed E-state index contributed by atoms with van der Waals surface area (Å²) in [5.41, 5.74) is 4.98. The number of aromatic nitrogens is 6. The van der Waals surface area contributed by atoms with Crippen LogP contribution in [0.4, 0.5) is 16.3 Å². The highest BCUT2D eigenvalue weighted by Gasteiger charge is 2.28. The van der Waals surface area contributed by atoms with Gasteiger partial charge in [0.2, 0.25) is 0 Å². The fourth-order valence-electron chi connectivity index (χ4n) is 4.60. The van der Waals surface area contributed by atoms with Gasteiger partial charge in [0.1, 0.15) is 12.1 Å². The lowest BCUT2D eigenvalue weighted by Gasteiger charge is -2.28. The average molecular weight is 529 g/mol. The Morgan fingerprint density at radius 2 is 1.87 bits per heavy atom. The van der Waals surface area contributed by atoms with Crippen LogP contribution in [0, 0.1) is 0 Å². The fraction of sp³-hybridized carbons (Fsp3) is 0.333. The maximum atomic E-state index is 13.3. The van der Waals surface area contributed by atoms with Gasteiger partial charge in [0.25, 0.3) is 5.91 Å². The Bertz CT molecular complexity index is 1470. The molecule has 0 saturated carbocycles. The lowest BCUT2D eigenvalue weighted by Crippen LogP contribution is -2.33. The van der Waals surface area contributed by atoms with Crippen molar-refractivity contribution < 1.29 is 9.59 Å². The zero-order valence-electron chi connectivity index (χ0n) is 22.5. The third-order valence-corrected chi connectivity index (χ3v) is 6.75. The molecule has 3 amide bonds. The molecule has 1 aliphatic heterocycles. The van der Waals surface area contributed by atoms with Crippen LogP contribution in [-0.2, 0) is 33.1 Å². The van der Waals surface area contributed by atoms with Gasteiger partial charge in [0.15, 0.2) is 11.5 Å². The van der Waals surface area contributed by atoms with E-state index >= 15 is 0 Å². The molecule has 4 aromatic rings. The highest BCUT2D eigenvalue weighted by atomic mass is 16.2. The summed E-state index contributed by atoms with van der Waals surface area (Å²) in [7, 11) is 5.22. The molecule has 0 unspecified atom stereocenters. The van der Waals surface area contributed by atoms with Crippen molar-refractivity contribution in [1.29, 1.82) is 0 Å². The molecule has 1 aliphatic rings. The van der Waals surface area contributed by atoms with Crippen LogP contribution in [0.15, 0.2) is 48.9 Å². The number of fused-ring (bicyclic) bond motifs is 1. The molecule has 3 aromatic heterocycles. The summed E-state index contributed by atoms with van der Waals surface area (Å²) in [4.78, 5) is 37.7. The number of hydrogen-bond acceptors (Lipinski definition) is 7. The highest BCUT2D eigenvalue weighted by Crippen LogP contribution is 2.27. The van der Waals surface area contributed by atoms with Gasteiger partial charge < -0.3 is 20.4 Å². The van der Waals surface area contributed by atoms with Crippen LogP contribution in [0.5, 0.6) is 0 Å². The SMILES string of the molecule is CCn1nc(C(=O)NCc2ccc(NC(=O)N(C)C)cc2)c2c1CCN(c1ccc(-c3ncnn3C)cn1)C2. The molecule has 0 spiro atoms. The van der Waals surface area contributed by atoms with E-state index in [0.29, 0.717) is 31.0 Å². The molecular weight excluding hydrogens is 496 g/mol. The Morgan fingerprint density at radius 1 is 1.08 bits per heavy atom. The van der Waals surface area contributed by atoms with Crippen LogP contribution in [-0.4, -0.2) is 67.0 Å². The number of hydrogen-bond donors (Lipinski definition) is 2. The smallest absolute Gasteiger partial charge is 0.321 e. The molecule has 0 atom stereocenters. The van der Waals surface area contributed by atoms with E-state index in [4.69, 9.17) is 0 Å². The van der Waals surface area contributed by atoms with Crippen molar-refractivity contribution in [3.8, 4) is 11.4 Å². The van der Waals surface area contributed by atoms with Crippen LogP contribution in [0.2, 0.25) is 0 Å². The van der Waals surface area contributed by atoms with Crippen LogP contribution in [0.3, 0.4) is 0 Å². The average Bonchev–Trinajstić information content (AvgIpc) is 3.55. The predicted molar refractivity (Wildman–Crippen MR) is 147 cm³/mol. The van der Waals surface area contributed by atoms with E-state index in [1.807, 2.05) is 55.1 Å². The molecule has 0 fully saturated rings. The van der Waals surface area contributed by atoms with E-state index in [9.17, 15) is 9.59 Å². The maximum absolute atomic E-state index is 13.3. The predicted octanol–water partition coefficient (Wildman–Crippen LogP) is 2.68. The summed E-state index contributed by atoms with van der Waals surface area (Å²) in [6.45, 7) is 4.41. The Kier molecular flexibility index (Phi) is 7.26. The normalized spacial score (nSPS) is 12.7. The summed E-state index contributed by atoms with van der Waals surface area (Å²) in [5.74, 6) is 1.38. The highest BCUT2D eigenvalue weighted by molar-refractivity contribution is 5.94. The monoisotopic (exact) mass is 528 g/mol. The van der Waals surface area contributed by atoms with Gasteiger partial charge in [-0.25, -0.2) is 19.4 Å². The van der Waals surface area contributed by atoms with Gasteiger partial charge in [-0.3, -0.25) is 9.48 Å². The Labute approximate surface area is 226 Å². The van der Waals surface area contributed by atoms with Crippen molar-refractivity contribution in [3.63, 3.8) is 0 Å². The number of aryl methyl sites for hydroxylation is 2. The summed E-state index contributed by atoms with van der Waals surface area (Å²) >= 11 is 0. The number of nitrogens with one attached hydrogen (secondary N) is 2. The second kappa shape index (κ2) is 10.9. The maximum Gasteiger partial charge on any atom is 0.321 e. The minimum atomic E-state index is -0.212. The first-order chi connectivity index (χ1) is 18.8. The zero-order valence-corrected chi connectivity index (χ0v) is 22.5. The minimum Gasteiger partial charge on any atom is -0.352 e. The topological polar surface area (TPSA) is 126 Å². The first kappa shape index (κ1) is 25.9. The van der Waals surface area contributed by atoms with E-state index < -0.39 is 0 Å². The van der Waals surface area contributed by atoms with Gasteiger partial charge in [-0.05, 0) is 36.8 Å². The largest absolute Gasteiger partial charge is 0.352 e. The van der Waals surface area contributed by atoms with E-state index in [-0.39, 0.29) is 11.9 Å². The minimum absolute atomic E-state index is 0.196. The third-order valence-electron chi connectivity index (χ3n) is 6.75. The molecule has 0 aliphatic carbocycles. The lowest BCUT2D eigenvalue weighted by molar-refractivity contribution is 0.0944. The Morgan fingerprint density at radius 3 is 2.51 bits per heavy atom. The number of amides is 3. The molecule has 0 saturated heterocycles. The molecular formula is C27H32N10O2. The van der Waals surface area contributed by atoms with Gasteiger partial charge in [-0.15, -0.1) is 0 Å². The number of nitrogens with zero attached hydrogens (tertiary/aromatic N) is 8. The van der Waals surface area contributed by atoms with Gasteiger partial charge in [0, 0.05) is 82.4 Å². The molecule has 1 aromatic carbocycles. The van der Waals surface area contributed by atoms with Gasteiger partial charge in [-0.1, -0.05) is 12.1 Å². The molecule has 2 N–H and O–H groups in total. The van der Waals surface area contributed by atoms with Crippen LogP contribution >= 0.6 is 0 Å². The molecule has 39 heavy (non-hydrogen) atoms. The number of urea groups is 1. The van der Waals surface area contributed by atoms with Crippen molar-refractivity contribution in [2.45, 2.75) is 33.0 Å². The van der Waals surface area contributed by atoms with E-state index in [2.05, 4.69) is 35.7 Å². The molecule has 0 bridgehead atoms. The van der Waals surface area contributed by atoms with Crippen molar-refractivity contribution >= 4 is 23.4 Å². The van der Waals surface area contributed by atoms with Gasteiger partial charge in [0.05, 0.1) is 0 Å². The van der Waals surface area contributed by atoms with Gasteiger partial charge >= 0.3 is 6.03 Å². The third kappa shape index (κ3) is 5.44. The second-order valence-corrected chi connectivity index (χ2v) is 9.58. The van der Waals surface area contributed by atoms with E-state index in [1.165, 1.54) is 11.2 Å². The molecule has 12 nitrogen and oxygen atoms in total. The molecule has 12 heteroatoms. The van der Waals surface area contributed by atoms with Crippen LogP contribution < -0.4 is 15.5 Å². The zero-order chi connectivity index (χ0) is 27.5. The van der Waals surface area contributed by atoms with Crippen molar-refractivity contribution in [3.05, 3.63) is 71.4 Å². The second-order valence-electron chi connectivity index (χ2n) is 9.58. The molecule has 5 rings (SSSR count). The fourth-order valence-corrected chi connectivity index (χ4v) is 4.60. The van der Waals surface area contributed by atoms with Crippen molar-refractivity contribution in [2.24, 2.45) is 7.05 Å². The number of anilines is 2. The standard InChI is InChI=1S/C27H32N10O2/c1-5-37-22-12-13-36(23-11-8-19(15-28-23)25-30-17-31-35(25)4)16-21(22)24(33-37)26(38)29-14-18-6-9-20(10-7-18)32-27(39)34(2)3/h6-11,15,17H,5,12-14,16H2,1-4H3,(H,29,38)(H,32,39). The van der Waals surface area contributed by atoms with Crippen LogP contribution in [0.25, 0.3) is 11.4 Å². The number of pyridine rings is 1. The number of benzene rings is 1. The Balaban J connectivity index is 1.27. The number of carbonyl (C=O) groups excluding carboxylic acids is 2. The molecule has 4 heterocycles. The summed E-state index contributed by atoms with van der Waals surface area (Å²) < 4.78 is 3.64. The molecule has 202 valence electrons. The first-order valence-corrected chi connectivity index (χ1v) is 12.8.